The molecular formula is C20H30N2O3. The number of likely N-dealkylation sites (tertiary alicyclic amines) is 2. The summed E-state index contributed by atoms with van der Waals surface area (Å²) in [6.45, 7) is 11.3. The molecule has 0 saturated carbocycles. The predicted molar refractivity (Wildman–Crippen MR) is 97.9 cm³/mol. The first-order valence-electron chi connectivity index (χ1n) is 9.23. The number of piperidine rings is 1. The molecule has 2 aliphatic heterocycles. The van der Waals surface area contributed by atoms with Crippen molar-refractivity contribution in [3.8, 4) is 5.75 Å². The van der Waals surface area contributed by atoms with Crippen molar-refractivity contribution in [3.63, 3.8) is 0 Å². The lowest BCUT2D eigenvalue weighted by Gasteiger charge is -2.53. The zero-order chi connectivity index (χ0) is 17.9. The van der Waals surface area contributed by atoms with Crippen LogP contribution < -0.4 is 4.74 Å². The van der Waals surface area contributed by atoms with E-state index in [1.807, 2.05) is 56.0 Å². The molecule has 0 unspecified atom stereocenters. The third-order valence-electron chi connectivity index (χ3n) is 5.04. The van der Waals surface area contributed by atoms with Crippen molar-refractivity contribution in [1.29, 1.82) is 0 Å². The third-order valence-corrected chi connectivity index (χ3v) is 5.04. The molecule has 1 aromatic carbocycles. The van der Waals surface area contributed by atoms with Gasteiger partial charge in [0.2, 0.25) is 0 Å². The van der Waals surface area contributed by atoms with E-state index in [1.165, 1.54) is 0 Å². The monoisotopic (exact) mass is 346 g/mol. The van der Waals surface area contributed by atoms with Crippen LogP contribution in [0.1, 0.15) is 33.6 Å². The number of ether oxygens (including phenoxy) is 2. The topological polar surface area (TPSA) is 42.0 Å². The van der Waals surface area contributed by atoms with E-state index in [2.05, 4.69) is 4.90 Å². The van der Waals surface area contributed by atoms with Crippen LogP contribution in [0.15, 0.2) is 30.3 Å². The first-order valence-corrected chi connectivity index (χ1v) is 9.23. The average Bonchev–Trinajstić information content (AvgIpc) is 2.53. The highest BCUT2D eigenvalue weighted by Crippen LogP contribution is 2.40. The minimum atomic E-state index is -0.415. The number of nitrogens with zero attached hydrogens (tertiary/aromatic N) is 2. The summed E-state index contributed by atoms with van der Waals surface area (Å²) >= 11 is 0. The summed E-state index contributed by atoms with van der Waals surface area (Å²) in [5, 5.41) is 0. The zero-order valence-electron chi connectivity index (χ0n) is 15.7. The van der Waals surface area contributed by atoms with Crippen LogP contribution in [0.25, 0.3) is 0 Å². The molecule has 5 nitrogen and oxygen atoms in total. The Bertz CT molecular complexity index is 566. The van der Waals surface area contributed by atoms with Crippen LogP contribution in [0.3, 0.4) is 0 Å². The van der Waals surface area contributed by atoms with Gasteiger partial charge in [0.15, 0.2) is 0 Å². The summed E-state index contributed by atoms with van der Waals surface area (Å²) in [6, 6.07) is 9.96. The van der Waals surface area contributed by atoms with Crippen LogP contribution in [0.5, 0.6) is 5.75 Å². The summed E-state index contributed by atoms with van der Waals surface area (Å²) in [6.07, 6.45) is 2.13. The van der Waals surface area contributed by atoms with Gasteiger partial charge in [0, 0.05) is 25.0 Å². The molecule has 25 heavy (non-hydrogen) atoms. The standard InChI is InChI=1S/C20H30N2O3/c1-19(2,3)25-18(23)22-15-20(16-22)9-11-21(12-10-20)13-14-24-17-7-5-4-6-8-17/h4-8H,9-16H2,1-3H3. The molecule has 138 valence electrons. The smallest absolute Gasteiger partial charge is 0.410 e. The van der Waals surface area contributed by atoms with Crippen LogP contribution in [0.2, 0.25) is 0 Å². The summed E-state index contributed by atoms with van der Waals surface area (Å²) in [7, 11) is 0. The number of hydrogen-bond acceptors (Lipinski definition) is 4. The third kappa shape index (κ3) is 4.88. The van der Waals surface area contributed by atoms with Gasteiger partial charge in [-0.25, -0.2) is 4.79 Å². The van der Waals surface area contributed by atoms with Crippen LogP contribution >= 0.6 is 0 Å². The van der Waals surface area contributed by atoms with E-state index >= 15 is 0 Å². The van der Waals surface area contributed by atoms with Crippen LogP contribution in [0.4, 0.5) is 4.79 Å². The van der Waals surface area contributed by atoms with E-state index in [-0.39, 0.29) is 6.09 Å². The number of rotatable bonds is 4. The fourth-order valence-electron chi connectivity index (χ4n) is 3.60. The van der Waals surface area contributed by atoms with Crippen LogP contribution in [-0.4, -0.2) is 60.8 Å². The molecule has 0 N–H and O–H groups in total. The van der Waals surface area contributed by atoms with E-state index < -0.39 is 5.60 Å². The lowest BCUT2D eigenvalue weighted by molar-refractivity contribution is -0.0599. The van der Waals surface area contributed by atoms with Crippen molar-refractivity contribution in [2.75, 3.05) is 39.3 Å². The second kappa shape index (κ2) is 7.24. The second-order valence-electron chi connectivity index (χ2n) is 8.34. The Morgan fingerprint density at radius 2 is 1.76 bits per heavy atom. The normalized spacial score (nSPS) is 20.2. The van der Waals surface area contributed by atoms with Crippen molar-refractivity contribution in [2.24, 2.45) is 5.41 Å². The number of benzene rings is 1. The van der Waals surface area contributed by atoms with Gasteiger partial charge in [-0.3, -0.25) is 4.90 Å². The Morgan fingerprint density at radius 3 is 2.36 bits per heavy atom. The van der Waals surface area contributed by atoms with Gasteiger partial charge in [0.1, 0.15) is 18.0 Å². The molecule has 0 radical (unpaired) electrons. The molecular weight excluding hydrogens is 316 g/mol. The highest BCUT2D eigenvalue weighted by molar-refractivity contribution is 5.69. The number of hydrogen-bond donors (Lipinski definition) is 0. The fourth-order valence-corrected chi connectivity index (χ4v) is 3.60. The minimum Gasteiger partial charge on any atom is -0.492 e. The Morgan fingerprint density at radius 1 is 1.12 bits per heavy atom. The summed E-state index contributed by atoms with van der Waals surface area (Å²) in [5.41, 5.74) is -0.102. The molecule has 2 aliphatic rings. The molecule has 2 saturated heterocycles. The second-order valence-corrected chi connectivity index (χ2v) is 8.34. The van der Waals surface area contributed by atoms with E-state index in [0.29, 0.717) is 5.41 Å². The van der Waals surface area contributed by atoms with Crippen LogP contribution in [-0.2, 0) is 4.74 Å². The highest BCUT2D eigenvalue weighted by atomic mass is 16.6. The first kappa shape index (κ1) is 18.1. The summed E-state index contributed by atoms with van der Waals surface area (Å²) in [4.78, 5) is 16.4. The molecule has 0 bridgehead atoms. The molecule has 1 spiro atoms. The van der Waals surface area contributed by atoms with Gasteiger partial charge in [-0.15, -0.1) is 0 Å². The van der Waals surface area contributed by atoms with Gasteiger partial charge in [-0.05, 0) is 58.8 Å². The lowest BCUT2D eigenvalue weighted by atomic mass is 9.72. The highest BCUT2D eigenvalue weighted by Gasteiger charge is 2.47. The first-order chi connectivity index (χ1) is 11.9. The predicted octanol–water partition coefficient (Wildman–Crippen LogP) is 3.40. The maximum absolute atomic E-state index is 12.1. The van der Waals surface area contributed by atoms with Gasteiger partial charge < -0.3 is 14.4 Å². The molecule has 2 heterocycles. The Hall–Kier alpha value is -1.75. The molecule has 2 fully saturated rings. The van der Waals surface area contributed by atoms with Gasteiger partial charge in [-0.1, -0.05) is 18.2 Å². The van der Waals surface area contributed by atoms with E-state index in [4.69, 9.17) is 9.47 Å². The number of carbonyl (C=O) groups excluding carboxylic acids is 1. The van der Waals surface area contributed by atoms with Crippen LogP contribution in [0, 0.1) is 5.41 Å². The SMILES string of the molecule is CC(C)(C)OC(=O)N1CC2(CCN(CCOc3ccccc3)CC2)C1. The fraction of sp³-hybridized carbons (Fsp3) is 0.650. The lowest BCUT2D eigenvalue weighted by Crippen LogP contribution is -2.62. The summed E-state index contributed by atoms with van der Waals surface area (Å²) in [5.74, 6) is 0.933. The quantitative estimate of drug-likeness (QED) is 0.838. The van der Waals surface area contributed by atoms with Gasteiger partial charge in [0.05, 0.1) is 0 Å². The van der Waals surface area contributed by atoms with Gasteiger partial charge in [0.25, 0.3) is 0 Å². The zero-order valence-corrected chi connectivity index (χ0v) is 15.7. The largest absolute Gasteiger partial charge is 0.492 e. The Labute approximate surface area is 150 Å². The molecule has 3 rings (SSSR count). The Balaban J connectivity index is 1.35. The molecule has 5 heteroatoms. The number of carbonyl (C=O) groups is 1. The average molecular weight is 346 g/mol. The van der Waals surface area contributed by atoms with E-state index in [9.17, 15) is 4.79 Å². The van der Waals surface area contributed by atoms with E-state index in [1.54, 1.807) is 0 Å². The van der Waals surface area contributed by atoms with Crippen molar-refractivity contribution < 1.29 is 14.3 Å². The molecule has 1 amide bonds. The molecule has 0 aliphatic carbocycles. The van der Waals surface area contributed by atoms with Gasteiger partial charge in [-0.2, -0.15) is 0 Å². The van der Waals surface area contributed by atoms with Crippen molar-refractivity contribution in [2.45, 2.75) is 39.2 Å². The Kier molecular flexibility index (Phi) is 5.23. The molecule has 1 aromatic rings. The minimum absolute atomic E-state index is 0.170. The van der Waals surface area contributed by atoms with Crippen molar-refractivity contribution in [1.82, 2.24) is 9.80 Å². The van der Waals surface area contributed by atoms with E-state index in [0.717, 1.165) is 57.9 Å². The van der Waals surface area contributed by atoms with Crippen molar-refractivity contribution >= 4 is 6.09 Å². The maximum Gasteiger partial charge on any atom is 0.410 e. The van der Waals surface area contributed by atoms with Crippen molar-refractivity contribution in [3.05, 3.63) is 30.3 Å². The summed E-state index contributed by atoms with van der Waals surface area (Å²) < 4.78 is 11.2. The molecule has 0 aromatic heterocycles. The maximum atomic E-state index is 12.1. The number of para-hydroxylation sites is 1. The molecule has 0 atom stereocenters. The van der Waals surface area contributed by atoms with Gasteiger partial charge >= 0.3 is 6.09 Å². The number of amides is 1.